The number of carboxylic acid groups (broad SMARTS) is 1. The molecule has 3 aromatic rings. The van der Waals surface area contributed by atoms with Crippen LogP contribution in [-0.4, -0.2) is 52.6 Å². The second kappa shape index (κ2) is 9.13. The van der Waals surface area contributed by atoms with E-state index < -0.39 is 17.2 Å². The zero-order chi connectivity index (χ0) is 24.7. The molecule has 2 aliphatic rings. The Morgan fingerprint density at radius 1 is 1.00 bits per heavy atom. The standard InChI is InChI=1S/C26H25F2N3O4/c27-20-4-2-1-3-16(20)5-8-24(32)30-11-9-29(10-12-30)23-14-22-18(13-21(23)28)25(33)19(26(34)35)15-31(22)17-6-7-17/h1-4,13-15,17H,5-12H2,(H,34,35). The van der Waals surface area contributed by atoms with Gasteiger partial charge in [-0.25, -0.2) is 13.6 Å². The Hall–Kier alpha value is -3.75. The molecule has 1 aromatic heterocycles. The van der Waals surface area contributed by atoms with Gasteiger partial charge in [0.25, 0.3) is 0 Å². The Balaban J connectivity index is 1.33. The van der Waals surface area contributed by atoms with E-state index in [2.05, 4.69) is 0 Å². The fourth-order valence-electron chi connectivity index (χ4n) is 4.71. The first kappa shape index (κ1) is 23.0. The number of hydrogen-bond acceptors (Lipinski definition) is 4. The Morgan fingerprint density at radius 2 is 1.71 bits per heavy atom. The first-order chi connectivity index (χ1) is 16.8. The molecule has 7 nitrogen and oxygen atoms in total. The van der Waals surface area contributed by atoms with Crippen molar-refractivity contribution in [3.63, 3.8) is 0 Å². The third-order valence-corrected chi connectivity index (χ3v) is 6.81. The highest BCUT2D eigenvalue weighted by Crippen LogP contribution is 2.38. The van der Waals surface area contributed by atoms with Crippen LogP contribution in [0.5, 0.6) is 0 Å². The minimum atomic E-state index is -1.33. The predicted molar refractivity (Wildman–Crippen MR) is 127 cm³/mol. The maximum absolute atomic E-state index is 15.1. The fraction of sp³-hybridized carbons (Fsp3) is 0.346. The molecule has 0 atom stereocenters. The third kappa shape index (κ3) is 4.50. The van der Waals surface area contributed by atoms with E-state index in [-0.39, 0.29) is 35.1 Å². The number of aryl methyl sites for hydroxylation is 1. The molecule has 9 heteroatoms. The number of pyridine rings is 1. The minimum Gasteiger partial charge on any atom is -0.477 e. The largest absolute Gasteiger partial charge is 0.477 e. The Kier molecular flexibility index (Phi) is 6.00. The van der Waals surface area contributed by atoms with Crippen LogP contribution in [0, 0.1) is 11.6 Å². The van der Waals surface area contributed by atoms with E-state index in [4.69, 9.17) is 0 Å². The lowest BCUT2D eigenvalue weighted by atomic mass is 10.1. The lowest BCUT2D eigenvalue weighted by Gasteiger charge is -2.36. The number of piperazine rings is 1. The van der Waals surface area contributed by atoms with Gasteiger partial charge < -0.3 is 19.5 Å². The van der Waals surface area contributed by atoms with E-state index in [1.807, 2.05) is 4.90 Å². The van der Waals surface area contributed by atoms with Gasteiger partial charge in [0, 0.05) is 50.2 Å². The summed E-state index contributed by atoms with van der Waals surface area (Å²) in [5.74, 6) is -2.32. The summed E-state index contributed by atoms with van der Waals surface area (Å²) >= 11 is 0. The number of carboxylic acids is 1. The fourth-order valence-corrected chi connectivity index (χ4v) is 4.71. The SMILES string of the molecule is O=C(O)c1cn(C2CC2)c2cc(N3CCN(C(=O)CCc4ccccc4F)CC3)c(F)cc2c1=O. The average molecular weight is 481 g/mol. The zero-order valence-electron chi connectivity index (χ0n) is 19.0. The molecule has 182 valence electrons. The normalized spacial score (nSPS) is 16.1. The van der Waals surface area contributed by atoms with Crippen molar-refractivity contribution in [3.05, 3.63) is 75.6 Å². The molecular weight excluding hydrogens is 456 g/mol. The van der Waals surface area contributed by atoms with Crippen molar-refractivity contribution in [3.8, 4) is 0 Å². The molecule has 1 amide bonds. The number of nitrogens with zero attached hydrogens (tertiary/aromatic N) is 3. The maximum Gasteiger partial charge on any atom is 0.341 e. The monoisotopic (exact) mass is 481 g/mol. The van der Waals surface area contributed by atoms with Gasteiger partial charge in [0.05, 0.1) is 11.2 Å². The van der Waals surface area contributed by atoms with Crippen molar-refractivity contribution in [1.82, 2.24) is 9.47 Å². The van der Waals surface area contributed by atoms with Crippen molar-refractivity contribution in [1.29, 1.82) is 0 Å². The van der Waals surface area contributed by atoms with Gasteiger partial charge in [-0.3, -0.25) is 9.59 Å². The number of hydrogen-bond donors (Lipinski definition) is 1. The summed E-state index contributed by atoms with van der Waals surface area (Å²) in [6.07, 6.45) is 3.63. The Labute approximate surface area is 200 Å². The lowest BCUT2D eigenvalue weighted by molar-refractivity contribution is -0.131. The topological polar surface area (TPSA) is 82.8 Å². The van der Waals surface area contributed by atoms with Gasteiger partial charge >= 0.3 is 5.97 Å². The van der Waals surface area contributed by atoms with Crippen molar-refractivity contribution < 1.29 is 23.5 Å². The number of amides is 1. The molecule has 2 aromatic carbocycles. The number of fused-ring (bicyclic) bond motifs is 1. The Morgan fingerprint density at radius 3 is 2.37 bits per heavy atom. The summed E-state index contributed by atoms with van der Waals surface area (Å²) in [6, 6.07) is 9.24. The number of benzene rings is 2. The van der Waals surface area contributed by atoms with Gasteiger partial charge in [-0.1, -0.05) is 18.2 Å². The number of halogens is 2. The molecule has 2 heterocycles. The van der Waals surface area contributed by atoms with E-state index in [0.29, 0.717) is 49.4 Å². The van der Waals surface area contributed by atoms with Crippen molar-refractivity contribution in [2.45, 2.75) is 31.7 Å². The van der Waals surface area contributed by atoms with Crippen molar-refractivity contribution in [2.24, 2.45) is 0 Å². The van der Waals surface area contributed by atoms with Crippen LogP contribution < -0.4 is 10.3 Å². The molecule has 1 N–H and O–H groups in total. The van der Waals surface area contributed by atoms with Crippen LogP contribution in [0.1, 0.15) is 41.2 Å². The third-order valence-electron chi connectivity index (χ3n) is 6.81. The second-order valence-corrected chi connectivity index (χ2v) is 9.10. The molecule has 0 spiro atoms. The number of rotatable bonds is 6. The first-order valence-corrected chi connectivity index (χ1v) is 11.7. The highest BCUT2D eigenvalue weighted by molar-refractivity contribution is 5.93. The summed E-state index contributed by atoms with van der Waals surface area (Å²) in [6.45, 7) is 1.63. The van der Waals surface area contributed by atoms with Crippen molar-refractivity contribution >= 4 is 28.5 Å². The van der Waals surface area contributed by atoms with E-state index >= 15 is 4.39 Å². The predicted octanol–water partition coefficient (Wildman–Crippen LogP) is 3.59. The van der Waals surface area contributed by atoms with Gasteiger partial charge in [0.15, 0.2) is 0 Å². The molecule has 2 fully saturated rings. The van der Waals surface area contributed by atoms with E-state index in [0.717, 1.165) is 18.9 Å². The van der Waals surface area contributed by atoms with Crippen LogP contribution in [-0.2, 0) is 11.2 Å². The summed E-state index contributed by atoms with van der Waals surface area (Å²) in [5.41, 5.74) is 0.291. The Bertz CT molecular complexity index is 1380. The lowest BCUT2D eigenvalue weighted by Crippen LogP contribution is -2.49. The molecule has 1 aliphatic carbocycles. The zero-order valence-corrected chi connectivity index (χ0v) is 19.0. The minimum absolute atomic E-state index is 0.0556. The number of anilines is 1. The van der Waals surface area contributed by atoms with Gasteiger partial charge in [-0.2, -0.15) is 0 Å². The summed E-state index contributed by atoms with van der Waals surface area (Å²) in [7, 11) is 0. The van der Waals surface area contributed by atoms with Crippen LogP contribution in [0.3, 0.4) is 0 Å². The van der Waals surface area contributed by atoms with Gasteiger partial charge in [-0.05, 0) is 43.0 Å². The highest BCUT2D eigenvalue weighted by atomic mass is 19.1. The number of carbonyl (C=O) groups is 2. The molecular formula is C26H25F2N3O4. The van der Waals surface area contributed by atoms with Crippen LogP contribution in [0.15, 0.2) is 47.4 Å². The van der Waals surface area contributed by atoms with Crippen LogP contribution in [0.4, 0.5) is 14.5 Å². The molecule has 1 saturated heterocycles. The average Bonchev–Trinajstić information content (AvgIpc) is 3.69. The molecule has 0 unspecified atom stereocenters. The number of aromatic carboxylic acids is 1. The maximum atomic E-state index is 15.1. The molecule has 0 bridgehead atoms. The molecule has 5 rings (SSSR count). The quantitative estimate of drug-likeness (QED) is 0.582. The van der Waals surface area contributed by atoms with Crippen LogP contribution in [0.2, 0.25) is 0 Å². The number of aromatic nitrogens is 1. The molecule has 1 saturated carbocycles. The summed E-state index contributed by atoms with van der Waals surface area (Å²) in [5, 5.41) is 9.46. The molecule has 1 aliphatic heterocycles. The number of carbonyl (C=O) groups excluding carboxylic acids is 1. The first-order valence-electron chi connectivity index (χ1n) is 11.7. The smallest absolute Gasteiger partial charge is 0.341 e. The summed E-state index contributed by atoms with van der Waals surface area (Å²) in [4.78, 5) is 40.4. The summed E-state index contributed by atoms with van der Waals surface area (Å²) < 4.78 is 30.7. The van der Waals surface area contributed by atoms with E-state index in [1.54, 1.807) is 33.7 Å². The van der Waals surface area contributed by atoms with E-state index in [1.165, 1.54) is 12.3 Å². The van der Waals surface area contributed by atoms with Gasteiger partial charge in [0.1, 0.15) is 17.2 Å². The van der Waals surface area contributed by atoms with E-state index in [9.17, 15) is 23.9 Å². The highest BCUT2D eigenvalue weighted by Gasteiger charge is 2.29. The van der Waals surface area contributed by atoms with Crippen molar-refractivity contribution in [2.75, 3.05) is 31.1 Å². The second-order valence-electron chi connectivity index (χ2n) is 9.10. The van der Waals surface area contributed by atoms with Gasteiger partial charge in [0.2, 0.25) is 11.3 Å². The molecule has 0 radical (unpaired) electrons. The van der Waals surface area contributed by atoms with Crippen LogP contribution in [0.25, 0.3) is 10.9 Å². The molecule has 35 heavy (non-hydrogen) atoms. The van der Waals surface area contributed by atoms with Gasteiger partial charge in [-0.15, -0.1) is 0 Å². The van der Waals surface area contributed by atoms with Crippen LogP contribution >= 0.6 is 0 Å².